The van der Waals surface area contributed by atoms with E-state index >= 15 is 0 Å². The summed E-state index contributed by atoms with van der Waals surface area (Å²) < 4.78 is 5.18. The molecule has 7 nitrogen and oxygen atoms in total. The number of ether oxygens (including phenoxy) is 1. The topological polar surface area (TPSA) is 94.4 Å². The minimum absolute atomic E-state index is 0.310. The van der Waals surface area contributed by atoms with Crippen molar-refractivity contribution >= 4 is 23.1 Å². The zero-order valence-electron chi connectivity index (χ0n) is 13.3. The molecule has 2 rings (SSSR count). The molecule has 1 aromatic heterocycles. The van der Waals surface area contributed by atoms with E-state index in [-0.39, 0.29) is 0 Å². The molecule has 0 spiro atoms. The van der Waals surface area contributed by atoms with Crippen molar-refractivity contribution in [1.82, 2.24) is 4.98 Å². The molecule has 124 valence electrons. The van der Waals surface area contributed by atoms with Crippen LogP contribution in [0, 0.1) is 22.1 Å². The van der Waals surface area contributed by atoms with Crippen molar-refractivity contribution < 1.29 is 14.5 Å². The van der Waals surface area contributed by atoms with Crippen molar-refractivity contribution in [3.63, 3.8) is 0 Å². The van der Waals surface area contributed by atoms with Crippen molar-refractivity contribution in [2.75, 3.05) is 5.32 Å². The van der Waals surface area contributed by atoms with Gasteiger partial charge in [0.25, 0.3) is 6.04 Å². The standard InChI is InChI=1S/C16H15N3O4S/c1-16(2,3)23-15(20)18-13-5-4-12(14-17-7-9-24-14)10-11(13)6-8-19(21)22/h4-5,7,9-10H,1-3H3,(H,18,20). The molecule has 1 amide bonds. The van der Waals surface area contributed by atoms with E-state index in [2.05, 4.69) is 16.2 Å². The number of rotatable bonds is 2. The first-order valence-electron chi connectivity index (χ1n) is 6.94. The molecule has 0 saturated carbocycles. The monoisotopic (exact) mass is 345 g/mol. The van der Waals surface area contributed by atoms with Crippen molar-refractivity contribution in [3.8, 4) is 22.5 Å². The number of hydrogen-bond donors (Lipinski definition) is 1. The largest absolute Gasteiger partial charge is 0.444 e. The number of carbonyl (C=O) groups is 1. The Morgan fingerprint density at radius 1 is 1.42 bits per heavy atom. The van der Waals surface area contributed by atoms with Crippen LogP contribution in [0.15, 0.2) is 29.8 Å². The maximum atomic E-state index is 11.9. The molecular formula is C16H15N3O4S. The molecule has 0 aliphatic carbocycles. The third-order valence-electron chi connectivity index (χ3n) is 2.62. The molecule has 0 radical (unpaired) electrons. The van der Waals surface area contributed by atoms with Crippen molar-refractivity contribution in [3.05, 3.63) is 45.5 Å². The third-order valence-corrected chi connectivity index (χ3v) is 3.44. The Labute approximate surface area is 142 Å². The fraction of sp³-hybridized carbons (Fsp3) is 0.250. The van der Waals surface area contributed by atoms with Gasteiger partial charge in [0.05, 0.1) is 11.3 Å². The van der Waals surface area contributed by atoms with Gasteiger partial charge >= 0.3 is 6.09 Å². The van der Waals surface area contributed by atoms with Gasteiger partial charge in [0.1, 0.15) is 15.5 Å². The lowest BCUT2D eigenvalue weighted by atomic mass is 10.1. The fourth-order valence-corrected chi connectivity index (χ4v) is 2.41. The summed E-state index contributed by atoms with van der Waals surface area (Å²) in [6, 6.07) is 6.87. The Morgan fingerprint density at radius 3 is 2.75 bits per heavy atom. The predicted octanol–water partition coefficient (Wildman–Crippen LogP) is 3.74. The van der Waals surface area contributed by atoms with Crippen molar-refractivity contribution in [2.45, 2.75) is 26.4 Å². The van der Waals surface area contributed by atoms with Gasteiger partial charge in [-0.25, -0.2) is 19.9 Å². The van der Waals surface area contributed by atoms with E-state index in [0.29, 0.717) is 11.3 Å². The Hall–Kier alpha value is -2.92. The molecule has 0 bridgehead atoms. The van der Waals surface area contributed by atoms with E-state index in [1.54, 1.807) is 45.2 Å². The average Bonchev–Trinajstić information content (AvgIpc) is 2.98. The lowest BCUT2D eigenvalue weighted by Gasteiger charge is -2.20. The van der Waals surface area contributed by atoms with Crippen LogP contribution < -0.4 is 5.32 Å². The number of nitro groups is 1. The minimum atomic E-state index is -0.743. The van der Waals surface area contributed by atoms with E-state index in [9.17, 15) is 14.9 Å². The lowest BCUT2D eigenvalue weighted by Crippen LogP contribution is -2.27. The van der Waals surface area contributed by atoms with Gasteiger partial charge in [-0.3, -0.25) is 5.32 Å². The second-order valence-electron chi connectivity index (χ2n) is 5.72. The summed E-state index contributed by atoms with van der Waals surface area (Å²) in [4.78, 5) is 25.9. The highest BCUT2D eigenvalue weighted by Crippen LogP contribution is 2.26. The van der Waals surface area contributed by atoms with Crippen LogP contribution >= 0.6 is 11.3 Å². The van der Waals surface area contributed by atoms with Crippen LogP contribution in [0.2, 0.25) is 0 Å². The first kappa shape index (κ1) is 17.4. The molecule has 0 unspecified atom stereocenters. The molecule has 0 atom stereocenters. The number of amides is 1. The van der Waals surface area contributed by atoms with Gasteiger partial charge in [-0.1, -0.05) is 0 Å². The predicted molar refractivity (Wildman–Crippen MR) is 91.3 cm³/mol. The van der Waals surface area contributed by atoms with Crippen LogP contribution in [0.1, 0.15) is 26.3 Å². The number of carbonyl (C=O) groups excluding carboxylic acids is 1. The molecule has 0 fully saturated rings. The molecule has 1 aromatic carbocycles. The van der Waals surface area contributed by atoms with Gasteiger partial charge in [-0.2, -0.15) is 0 Å². The first-order valence-corrected chi connectivity index (χ1v) is 7.82. The molecule has 1 N–H and O–H groups in total. The van der Waals surface area contributed by atoms with Crippen LogP contribution in [0.25, 0.3) is 10.6 Å². The number of nitrogens with one attached hydrogen (secondary N) is 1. The summed E-state index contributed by atoms with van der Waals surface area (Å²) in [7, 11) is 0. The quantitative estimate of drug-likeness (QED) is 0.387. The van der Waals surface area contributed by atoms with Crippen molar-refractivity contribution in [2.24, 2.45) is 0 Å². The Morgan fingerprint density at radius 2 is 2.17 bits per heavy atom. The number of benzene rings is 1. The Kier molecular flexibility index (Phi) is 5.16. The summed E-state index contributed by atoms with van der Waals surface area (Å²) in [6.07, 6.45) is 1.00. The minimum Gasteiger partial charge on any atom is -0.444 e. The summed E-state index contributed by atoms with van der Waals surface area (Å²) in [5.74, 6) is 2.44. The molecule has 0 aliphatic heterocycles. The highest BCUT2D eigenvalue weighted by atomic mass is 32.1. The molecule has 2 aromatic rings. The molecule has 8 heteroatoms. The summed E-state index contributed by atoms with van der Waals surface area (Å²) in [6.45, 7) is 5.22. The SMILES string of the molecule is CC(C)(C)OC(=O)Nc1ccc(-c2nccs2)cc1C#C[N+](=O)[O-]. The smallest absolute Gasteiger partial charge is 0.412 e. The van der Waals surface area contributed by atoms with Gasteiger partial charge in [-0.15, -0.1) is 11.3 Å². The summed E-state index contributed by atoms with van der Waals surface area (Å²) in [5.41, 5.74) is 0.744. The Balaban J connectivity index is 2.35. The maximum absolute atomic E-state index is 11.9. The molecule has 24 heavy (non-hydrogen) atoms. The zero-order valence-corrected chi connectivity index (χ0v) is 14.1. The second-order valence-corrected chi connectivity index (χ2v) is 6.61. The number of nitrogens with zero attached hydrogens (tertiary/aromatic N) is 2. The number of thiazole rings is 1. The third kappa shape index (κ3) is 5.07. The molecule has 0 aliphatic rings. The normalized spacial score (nSPS) is 10.5. The number of hydrogen-bond acceptors (Lipinski definition) is 6. The van der Waals surface area contributed by atoms with Gasteiger partial charge in [-0.05, 0) is 39.0 Å². The average molecular weight is 345 g/mol. The highest BCUT2D eigenvalue weighted by molar-refractivity contribution is 7.13. The zero-order chi connectivity index (χ0) is 17.7. The van der Waals surface area contributed by atoms with Gasteiger partial charge < -0.3 is 4.74 Å². The van der Waals surface area contributed by atoms with Gasteiger partial charge in [0.2, 0.25) is 0 Å². The van der Waals surface area contributed by atoms with Crippen LogP contribution in [-0.2, 0) is 4.74 Å². The molecule has 0 saturated heterocycles. The first-order chi connectivity index (χ1) is 11.2. The van der Waals surface area contributed by atoms with E-state index in [1.807, 2.05) is 11.4 Å². The van der Waals surface area contributed by atoms with Crippen LogP contribution in [0.5, 0.6) is 0 Å². The Bertz CT molecular complexity index is 814. The van der Waals surface area contributed by atoms with E-state index in [0.717, 1.165) is 10.6 Å². The van der Waals surface area contributed by atoms with Crippen LogP contribution in [0.3, 0.4) is 0 Å². The summed E-state index contributed by atoms with van der Waals surface area (Å²) >= 11 is 1.43. The number of aromatic nitrogens is 1. The van der Waals surface area contributed by atoms with Crippen LogP contribution in [0.4, 0.5) is 10.5 Å². The van der Waals surface area contributed by atoms with Crippen LogP contribution in [-0.4, -0.2) is 21.6 Å². The van der Waals surface area contributed by atoms with Gasteiger partial charge in [0, 0.05) is 23.1 Å². The lowest BCUT2D eigenvalue weighted by molar-refractivity contribution is -0.379. The molecular weight excluding hydrogens is 330 g/mol. The van der Waals surface area contributed by atoms with E-state index in [4.69, 9.17) is 4.74 Å². The van der Waals surface area contributed by atoms with E-state index < -0.39 is 16.6 Å². The van der Waals surface area contributed by atoms with Gasteiger partial charge in [0.15, 0.2) is 0 Å². The van der Waals surface area contributed by atoms with E-state index in [1.165, 1.54) is 11.3 Å². The number of anilines is 1. The maximum Gasteiger partial charge on any atom is 0.412 e. The second kappa shape index (κ2) is 7.10. The fourth-order valence-electron chi connectivity index (χ4n) is 1.78. The highest BCUT2D eigenvalue weighted by Gasteiger charge is 2.17. The summed E-state index contributed by atoms with van der Waals surface area (Å²) in [5, 5.41) is 15.7. The molecule has 1 heterocycles. The van der Waals surface area contributed by atoms with Crippen molar-refractivity contribution in [1.29, 1.82) is 0 Å².